The molecule has 0 aromatic carbocycles. The number of allylic oxidation sites excluding steroid dienone is 1. The minimum atomic E-state index is -1.02. The van der Waals surface area contributed by atoms with Crippen LogP contribution in [0.1, 0.15) is 89.9 Å². The van der Waals surface area contributed by atoms with Gasteiger partial charge >= 0.3 is 6.03 Å². The molecule has 0 aromatic rings. The summed E-state index contributed by atoms with van der Waals surface area (Å²) in [4.78, 5) is 67.7. The third-order valence-electron chi connectivity index (χ3n) is 9.72. The van der Waals surface area contributed by atoms with Crippen LogP contribution in [0.5, 0.6) is 0 Å². The summed E-state index contributed by atoms with van der Waals surface area (Å²) in [5, 5.41) is 11.7. The van der Waals surface area contributed by atoms with Crippen LogP contribution in [-0.4, -0.2) is 77.0 Å². The second-order valence-corrected chi connectivity index (χ2v) is 13.5. The van der Waals surface area contributed by atoms with Gasteiger partial charge in [0.15, 0.2) is 0 Å². The maximum Gasteiger partial charge on any atom is 0.315 e. The van der Waals surface area contributed by atoms with E-state index < -0.39 is 35.7 Å². The van der Waals surface area contributed by atoms with Gasteiger partial charge in [-0.25, -0.2) is 4.79 Å². The summed E-state index contributed by atoms with van der Waals surface area (Å²) >= 11 is 9.53. The number of halogens is 2. The molecule has 5 unspecified atom stereocenters. The fourth-order valence-corrected chi connectivity index (χ4v) is 7.46. The van der Waals surface area contributed by atoms with Crippen LogP contribution in [0.15, 0.2) is 25.3 Å². The van der Waals surface area contributed by atoms with Crippen LogP contribution in [0.2, 0.25) is 0 Å². The van der Waals surface area contributed by atoms with E-state index in [2.05, 4.69) is 34.4 Å². The molecule has 1 saturated heterocycles. The number of ketones is 1. The molecule has 12 heteroatoms. The molecule has 5 amide bonds. The largest absolute Gasteiger partial charge is 0.349 e. The van der Waals surface area contributed by atoms with Crippen LogP contribution >= 0.6 is 23.2 Å². The maximum absolute atomic E-state index is 14.1. The van der Waals surface area contributed by atoms with Gasteiger partial charge in [-0.2, -0.15) is 0 Å². The molecule has 0 aromatic heterocycles. The number of carbonyl (C=O) groups excluding carboxylic acids is 5. The fraction of sp³-hybridized carbons (Fsp3) is 0.727. The van der Waals surface area contributed by atoms with Gasteiger partial charge in [0, 0.05) is 19.1 Å². The van der Waals surface area contributed by atoms with Crippen LogP contribution < -0.4 is 21.3 Å². The van der Waals surface area contributed by atoms with Gasteiger partial charge in [-0.3, -0.25) is 19.2 Å². The average molecular weight is 669 g/mol. The zero-order chi connectivity index (χ0) is 32.8. The number of hydrogen-bond acceptors (Lipinski definition) is 5. The SMILES string of the molecule is C=CCCNC(=O)C(=O)C(CCC=C)NC(=O)[C@@H]1CCCN1C(=O)C(NC(=O)NC1CC2CCC1C2)C1CCCCC1.ClCCl. The van der Waals surface area contributed by atoms with Crippen molar-refractivity contribution in [2.24, 2.45) is 17.8 Å². The second-order valence-electron chi connectivity index (χ2n) is 12.7. The molecule has 0 radical (unpaired) electrons. The molecule has 0 spiro atoms. The Labute approximate surface area is 277 Å². The van der Waals surface area contributed by atoms with Gasteiger partial charge in [0.25, 0.3) is 5.91 Å². The highest BCUT2D eigenvalue weighted by atomic mass is 35.5. The van der Waals surface area contributed by atoms with Crippen LogP contribution in [0, 0.1) is 17.8 Å². The molecule has 2 bridgehead atoms. The average Bonchev–Trinajstić information content (AvgIpc) is 3.80. The molecule has 6 atom stereocenters. The number of amides is 5. The highest BCUT2D eigenvalue weighted by molar-refractivity contribution is 6.40. The standard InChI is InChI=1S/C32H49N5O5.CH2Cl2/c1-3-5-13-24(28(38)30(40)33-17-6-4-2)34-29(39)26-14-10-18-37(26)31(41)27(22-11-8-7-9-12-22)36-32(42)35-25-20-21-15-16-23(25)19-21;2-1-3/h3-4,21-27H,1-2,5-20H2,(H,33,40)(H,34,39)(H2,35,36,42);1H2/t21?,23?,24?,25?,26-,27?;/m0./s1. The van der Waals surface area contributed by atoms with Crippen molar-refractivity contribution in [3.63, 3.8) is 0 Å². The number of alkyl halides is 2. The van der Waals surface area contributed by atoms with Crippen LogP contribution in [0.25, 0.3) is 0 Å². The lowest BCUT2D eigenvalue weighted by molar-refractivity contribution is -0.143. The Balaban J connectivity index is 0.00000177. The molecule has 3 saturated carbocycles. The van der Waals surface area contributed by atoms with Crippen molar-refractivity contribution in [2.45, 2.75) is 114 Å². The van der Waals surface area contributed by atoms with Gasteiger partial charge in [0.1, 0.15) is 12.1 Å². The van der Waals surface area contributed by atoms with Crippen LogP contribution in [0.3, 0.4) is 0 Å². The van der Waals surface area contributed by atoms with E-state index in [1.165, 1.54) is 12.8 Å². The van der Waals surface area contributed by atoms with Gasteiger partial charge in [0.2, 0.25) is 17.6 Å². The van der Waals surface area contributed by atoms with Gasteiger partial charge in [-0.05, 0) is 82.0 Å². The number of Topliss-reactive ketones (excluding diaryl/α,β-unsaturated/α-hetero) is 1. The number of nitrogens with one attached hydrogen (secondary N) is 4. The predicted molar refractivity (Wildman–Crippen MR) is 177 cm³/mol. The van der Waals surface area contributed by atoms with E-state index in [9.17, 15) is 24.0 Å². The number of nitrogens with zero attached hydrogens (tertiary/aromatic N) is 1. The summed E-state index contributed by atoms with van der Waals surface area (Å²) < 4.78 is 0. The van der Waals surface area contributed by atoms with Crippen molar-refractivity contribution in [3.05, 3.63) is 25.3 Å². The lowest BCUT2D eigenvalue weighted by Gasteiger charge is -2.35. The van der Waals surface area contributed by atoms with Crippen molar-refractivity contribution in [3.8, 4) is 0 Å². The zero-order valence-corrected chi connectivity index (χ0v) is 27.9. The van der Waals surface area contributed by atoms with Crippen molar-refractivity contribution < 1.29 is 24.0 Å². The third-order valence-corrected chi connectivity index (χ3v) is 9.72. The first-order chi connectivity index (χ1) is 21.7. The summed E-state index contributed by atoms with van der Waals surface area (Å²) in [6.07, 6.45) is 15.0. The minimum absolute atomic E-state index is 0.0162. The van der Waals surface area contributed by atoms with E-state index in [1.807, 2.05) is 0 Å². The van der Waals surface area contributed by atoms with E-state index >= 15 is 0 Å². The highest BCUT2D eigenvalue weighted by Crippen LogP contribution is 2.44. The number of hydrogen-bond donors (Lipinski definition) is 4. The second kappa shape index (κ2) is 19.2. The molecule has 4 rings (SSSR count). The molecule has 4 fully saturated rings. The fourth-order valence-electron chi connectivity index (χ4n) is 7.46. The normalized spacial score (nSPS) is 25.2. The molecular weight excluding hydrogens is 617 g/mol. The Morgan fingerprint density at radius 3 is 2.20 bits per heavy atom. The smallest absolute Gasteiger partial charge is 0.315 e. The molecule has 252 valence electrons. The minimum Gasteiger partial charge on any atom is -0.349 e. The van der Waals surface area contributed by atoms with E-state index in [0.717, 1.165) is 44.9 Å². The first kappa shape index (κ1) is 36.9. The first-order valence-electron chi connectivity index (χ1n) is 16.6. The van der Waals surface area contributed by atoms with E-state index in [-0.39, 0.29) is 42.2 Å². The summed E-state index contributed by atoms with van der Waals surface area (Å²) in [6.45, 7) is 7.99. The Morgan fingerprint density at radius 1 is 0.867 bits per heavy atom. The number of urea groups is 1. The Bertz CT molecular complexity index is 1050. The van der Waals surface area contributed by atoms with Gasteiger partial charge in [0.05, 0.1) is 11.4 Å². The Kier molecular flexibility index (Phi) is 15.7. The summed E-state index contributed by atoms with van der Waals surface area (Å²) in [5.74, 6) is -0.924. The molecule has 45 heavy (non-hydrogen) atoms. The number of likely N-dealkylation sites (tertiary alicyclic amines) is 1. The molecule has 10 nitrogen and oxygen atoms in total. The number of fused-ring (bicyclic) bond motifs is 2. The maximum atomic E-state index is 14.1. The highest BCUT2D eigenvalue weighted by Gasteiger charge is 2.43. The lowest BCUT2D eigenvalue weighted by Crippen LogP contribution is -2.59. The van der Waals surface area contributed by atoms with E-state index in [1.54, 1.807) is 17.1 Å². The van der Waals surface area contributed by atoms with Crippen molar-refractivity contribution in [1.29, 1.82) is 0 Å². The van der Waals surface area contributed by atoms with Gasteiger partial charge < -0.3 is 26.2 Å². The van der Waals surface area contributed by atoms with E-state index in [0.29, 0.717) is 44.1 Å². The van der Waals surface area contributed by atoms with Gasteiger partial charge in [-0.1, -0.05) is 37.8 Å². The quantitative estimate of drug-likeness (QED) is 0.0933. The molecule has 4 aliphatic rings. The summed E-state index contributed by atoms with van der Waals surface area (Å²) in [7, 11) is 0. The van der Waals surface area contributed by atoms with Crippen molar-refractivity contribution in [2.75, 3.05) is 18.4 Å². The van der Waals surface area contributed by atoms with Crippen molar-refractivity contribution in [1.82, 2.24) is 26.2 Å². The number of rotatable bonds is 14. The molecular formula is C33H51Cl2N5O5. The topological polar surface area (TPSA) is 137 Å². The van der Waals surface area contributed by atoms with Crippen LogP contribution in [0.4, 0.5) is 4.79 Å². The number of carbonyl (C=O) groups is 5. The Morgan fingerprint density at radius 2 is 1.58 bits per heavy atom. The first-order valence-corrected chi connectivity index (χ1v) is 17.6. The molecule has 1 heterocycles. The molecule has 1 aliphatic heterocycles. The molecule has 4 N–H and O–H groups in total. The van der Waals surface area contributed by atoms with E-state index in [4.69, 9.17) is 23.2 Å². The Hall–Kier alpha value is -2.59. The molecule has 3 aliphatic carbocycles. The van der Waals surface area contributed by atoms with Gasteiger partial charge in [-0.15, -0.1) is 36.4 Å². The monoisotopic (exact) mass is 667 g/mol. The zero-order valence-electron chi connectivity index (χ0n) is 26.4. The van der Waals surface area contributed by atoms with Crippen molar-refractivity contribution >= 4 is 52.7 Å². The summed E-state index contributed by atoms with van der Waals surface area (Å²) in [6, 6.07) is -2.62. The summed E-state index contributed by atoms with van der Waals surface area (Å²) in [5.41, 5.74) is 0. The lowest BCUT2D eigenvalue weighted by atomic mass is 9.83. The van der Waals surface area contributed by atoms with Crippen LogP contribution in [-0.2, 0) is 19.2 Å². The third kappa shape index (κ3) is 10.7. The predicted octanol–water partition coefficient (Wildman–Crippen LogP) is 4.55.